The number of rotatable bonds is 1. The molecular formula is C17H20ClN3O2. The molecule has 4 rings (SSSR count). The van der Waals surface area contributed by atoms with Crippen LogP contribution in [0, 0.1) is 5.92 Å². The molecule has 2 fully saturated rings. The molecule has 5 nitrogen and oxygen atoms in total. The number of hydrogen-bond acceptors (Lipinski definition) is 3. The summed E-state index contributed by atoms with van der Waals surface area (Å²) in [6.07, 6.45) is 0. The van der Waals surface area contributed by atoms with Crippen molar-refractivity contribution in [1.82, 2.24) is 14.8 Å². The van der Waals surface area contributed by atoms with Crippen molar-refractivity contribution in [2.75, 3.05) is 39.9 Å². The molecule has 2 aromatic rings. The number of para-hydroxylation sites is 1. The molecule has 1 aromatic heterocycles. The lowest BCUT2D eigenvalue weighted by Gasteiger charge is -2.29. The number of carbonyl (C=O) groups excluding carboxylic acids is 1. The molecule has 2 aliphatic rings. The Morgan fingerprint density at radius 3 is 2.91 bits per heavy atom. The Morgan fingerprint density at radius 1 is 1.26 bits per heavy atom. The maximum Gasteiger partial charge on any atom is 0.271 e. The van der Waals surface area contributed by atoms with Crippen LogP contribution in [0.5, 0.6) is 0 Å². The first kappa shape index (κ1) is 15.0. The summed E-state index contributed by atoms with van der Waals surface area (Å²) in [4.78, 5) is 20.5. The average molecular weight is 334 g/mol. The van der Waals surface area contributed by atoms with Crippen LogP contribution >= 0.6 is 11.6 Å². The third kappa shape index (κ3) is 2.63. The van der Waals surface area contributed by atoms with Crippen LogP contribution in [0.15, 0.2) is 24.3 Å². The zero-order valence-corrected chi connectivity index (χ0v) is 13.8. The smallest absolute Gasteiger partial charge is 0.271 e. The van der Waals surface area contributed by atoms with E-state index in [1.165, 1.54) is 0 Å². The summed E-state index contributed by atoms with van der Waals surface area (Å²) in [6, 6.07) is 7.99. The van der Waals surface area contributed by atoms with Crippen LogP contribution in [0.4, 0.5) is 0 Å². The van der Waals surface area contributed by atoms with Crippen molar-refractivity contribution in [1.29, 1.82) is 0 Å². The largest absolute Gasteiger partial charge is 0.379 e. The summed E-state index contributed by atoms with van der Waals surface area (Å²) in [7, 11) is 2.11. The summed E-state index contributed by atoms with van der Waals surface area (Å²) in [6.45, 7) is 3.75. The topological polar surface area (TPSA) is 48.6 Å². The molecule has 2 atom stereocenters. The molecule has 2 bridgehead atoms. The monoisotopic (exact) mass is 333 g/mol. The van der Waals surface area contributed by atoms with E-state index in [9.17, 15) is 4.79 Å². The number of aromatic amines is 1. The molecule has 122 valence electrons. The van der Waals surface area contributed by atoms with Crippen molar-refractivity contribution in [3.8, 4) is 0 Å². The third-order valence-corrected chi connectivity index (χ3v) is 5.28. The van der Waals surface area contributed by atoms with Crippen molar-refractivity contribution < 1.29 is 9.53 Å². The predicted molar refractivity (Wildman–Crippen MR) is 89.9 cm³/mol. The van der Waals surface area contributed by atoms with Gasteiger partial charge in [0.1, 0.15) is 5.69 Å². The fourth-order valence-electron chi connectivity index (χ4n) is 3.63. The molecule has 1 N–H and O–H groups in total. The van der Waals surface area contributed by atoms with Gasteiger partial charge < -0.3 is 14.6 Å². The van der Waals surface area contributed by atoms with E-state index in [1.54, 1.807) is 0 Å². The zero-order valence-electron chi connectivity index (χ0n) is 13.1. The SMILES string of the molecule is CN1C[C@H]2COC[C@@H]1CN(C(=O)c1[nH]c3ccccc3c1Cl)C2. The molecule has 1 amide bonds. The number of ether oxygens (including phenoxy) is 1. The lowest BCUT2D eigenvalue weighted by Crippen LogP contribution is -2.44. The van der Waals surface area contributed by atoms with Gasteiger partial charge in [0.2, 0.25) is 0 Å². The number of halogens is 1. The van der Waals surface area contributed by atoms with Crippen LogP contribution in [0.3, 0.4) is 0 Å². The zero-order chi connectivity index (χ0) is 16.0. The van der Waals surface area contributed by atoms with Crippen LogP contribution < -0.4 is 0 Å². The minimum absolute atomic E-state index is 0.0154. The number of hydrogen-bond donors (Lipinski definition) is 1. The van der Waals surface area contributed by atoms with Crippen LogP contribution in [0.2, 0.25) is 5.02 Å². The van der Waals surface area contributed by atoms with Crippen LogP contribution in [-0.4, -0.2) is 66.6 Å². The summed E-state index contributed by atoms with van der Waals surface area (Å²) in [5.74, 6) is 0.331. The molecule has 2 aliphatic heterocycles. The van der Waals surface area contributed by atoms with Gasteiger partial charge in [-0.15, -0.1) is 0 Å². The van der Waals surface area contributed by atoms with E-state index in [4.69, 9.17) is 16.3 Å². The van der Waals surface area contributed by atoms with E-state index in [0.717, 1.165) is 17.4 Å². The summed E-state index contributed by atoms with van der Waals surface area (Å²) < 4.78 is 5.72. The van der Waals surface area contributed by atoms with Gasteiger partial charge in [0.15, 0.2) is 0 Å². The quantitative estimate of drug-likeness (QED) is 0.870. The molecule has 0 saturated carbocycles. The van der Waals surface area contributed by atoms with Crippen LogP contribution in [0.1, 0.15) is 10.5 Å². The maximum atomic E-state index is 13.0. The van der Waals surface area contributed by atoms with Crippen LogP contribution in [-0.2, 0) is 4.74 Å². The first-order chi connectivity index (χ1) is 11.1. The van der Waals surface area contributed by atoms with Gasteiger partial charge in [0.05, 0.1) is 24.3 Å². The predicted octanol–water partition coefficient (Wildman–Crippen LogP) is 2.22. The van der Waals surface area contributed by atoms with E-state index >= 15 is 0 Å². The molecule has 6 heteroatoms. The minimum Gasteiger partial charge on any atom is -0.379 e. The van der Waals surface area contributed by atoms with E-state index < -0.39 is 0 Å². The minimum atomic E-state index is -0.0154. The summed E-state index contributed by atoms with van der Waals surface area (Å²) in [5, 5.41) is 1.41. The highest BCUT2D eigenvalue weighted by atomic mass is 35.5. The van der Waals surface area contributed by atoms with Crippen LogP contribution in [0.25, 0.3) is 10.9 Å². The van der Waals surface area contributed by atoms with Crippen molar-refractivity contribution in [2.24, 2.45) is 5.92 Å². The molecule has 0 spiro atoms. The lowest BCUT2D eigenvalue weighted by atomic mass is 10.1. The number of likely N-dealkylation sites (N-methyl/N-ethyl adjacent to an activating group) is 1. The van der Waals surface area contributed by atoms with E-state index in [0.29, 0.717) is 42.9 Å². The van der Waals surface area contributed by atoms with Gasteiger partial charge in [-0.1, -0.05) is 29.8 Å². The fourth-order valence-corrected chi connectivity index (χ4v) is 3.92. The van der Waals surface area contributed by atoms with Gasteiger partial charge in [-0.3, -0.25) is 9.69 Å². The van der Waals surface area contributed by atoms with Crippen molar-refractivity contribution >= 4 is 28.4 Å². The Bertz CT molecular complexity index is 745. The lowest BCUT2D eigenvalue weighted by molar-refractivity contribution is 0.0431. The number of aromatic nitrogens is 1. The summed E-state index contributed by atoms with van der Waals surface area (Å²) in [5.41, 5.74) is 1.40. The molecule has 1 aromatic carbocycles. The Hall–Kier alpha value is -1.56. The Kier molecular flexibility index (Phi) is 3.79. The Balaban J connectivity index is 1.66. The molecular weight excluding hydrogens is 314 g/mol. The van der Waals surface area contributed by atoms with E-state index in [1.807, 2.05) is 29.2 Å². The fraction of sp³-hybridized carbons (Fsp3) is 0.471. The third-order valence-electron chi connectivity index (χ3n) is 4.89. The summed E-state index contributed by atoms with van der Waals surface area (Å²) >= 11 is 6.45. The van der Waals surface area contributed by atoms with Gasteiger partial charge in [-0.05, 0) is 13.1 Å². The van der Waals surface area contributed by atoms with Gasteiger partial charge >= 0.3 is 0 Å². The highest BCUT2D eigenvalue weighted by Crippen LogP contribution is 2.29. The average Bonchev–Trinajstić information content (AvgIpc) is 2.65. The molecule has 2 saturated heterocycles. The molecule has 23 heavy (non-hydrogen) atoms. The molecule has 3 heterocycles. The standard InChI is InChI=1S/C17H20ClN3O2/c1-20-6-11-7-21(8-12(20)10-23-9-11)17(22)16-15(18)13-4-2-3-5-14(13)19-16/h2-5,11-12,19H,6-10H2,1H3/t11-,12+/m1/s1. The number of nitrogens with one attached hydrogen (secondary N) is 1. The highest BCUT2D eigenvalue weighted by molar-refractivity contribution is 6.38. The van der Waals surface area contributed by atoms with Gasteiger partial charge in [0.25, 0.3) is 5.91 Å². The Labute approximate surface area is 140 Å². The first-order valence-electron chi connectivity index (χ1n) is 7.97. The molecule has 0 radical (unpaired) electrons. The number of nitrogens with zero attached hydrogens (tertiary/aromatic N) is 2. The number of amides is 1. The first-order valence-corrected chi connectivity index (χ1v) is 8.34. The molecule has 0 aliphatic carbocycles. The highest BCUT2D eigenvalue weighted by Gasteiger charge is 2.34. The Morgan fingerprint density at radius 2 is 2.09 bits per heavy atom. The van der Waals surface area contributed by atoms with Gasteiger partial charge in [-0.2, -0.15) is 0 Å². The van der Waals surface area contributed by atoms with Crippen molar-refractivity contribution in [2.45, 2.75) is 6.04 Å². The van der Waals surface area contributed by atoms with Gasteiger partial charge in [0, 0.05) is 36.5 Å². The van der Waals surface area contributed by atoms with E-state index in [-0.39, 0.29) is 11.9 Å². The van der Waals surface area contributed by atoms with Crippen molar-refractivity contribution in [3.63, 3.8) is 0 Å². The second kappa shape index (κ2) is 5.82. The number of carbonyl (C=O) groups is 1. The normalized spacial score (nSPS) is 25.6. The second-order valence-corrected chi connectivity index (χ2v) is 6.94. The second-order valence-electron chi connectivity index (χ2n) is 6.57. The number of H-pyrrole nitrogens is 1. The number of fused-ring (bicyclic) bond motifs is 4. The molecule has 0 unspecified atom stereocenters. The van der Waals surface area contributed by atoms with Gasteiger partial charge in [-0.25, -0.2) is 0 Å². The maximum absolute atomic E-state index is 13.0. The number of benzene rings is 1. The van der Waals surface area contributed by atoms with Crippen molar-refractivity contribution in [3.05, 3.63) is 35.0 Å². The van der Waals surface area contributed by atoms with E-state index in [2.05, 4.69) is 16.9 Å².